The summed E-state index contributed by atoms with van der Waals surface area (Å²) in [6.07, 6.45) is 4.42. The minimum Gasteiger partial charge on any atom is -0.369 e. The molecular formula is C16H21N3. The number of benzene rings is 1. The van der Waals surface area contributed by atoms with Crippen molar-refractivity contribution >= 4 is 5.69 Å². The lowest BCUT2D eigenvalue weighted by molar-refractivity contribution is 0.569. The molecule has 1 aliphatic heterocycles. The average Bonchev–Trinajstić information content (AvgIpc) is 2.98. The van der Waals surface area contributed by atoms with Crippen LogP contribution >= 0.6 is 0 Å². The molecule has 0 radical (unpaired) electrons. The third-order valence-electron chi connectivity index (χ3n) is 4.55. The smallest absolute Gasteiger partial charge is 0.0823 e. The monoisotopic (exact) mass is 255 g/mol. The molecule has 1 N–H and O–H groups in total. The largest absolute Gasteiger partial charge is 0.369 e. The van der Waals surface area contributed by atoms with E-state index < -0.39 is 0 Å². The highest BCUT2D eigenvalue weighted by atomic mass is 15.2. The molecule has 1 aliphatic carbocycles. The van der Waals surface area contributed by atoms with Crippen LogP contribution in [0.4, 0.5) is 5.69 Å². The predicted octanol–water partition coefficient (Wildman–Crippen LogP) is 2.43. The molecule has 2 aliphatic rings. The highest BCUT2D eigenvalue weighted by molar-refractivity contribution is 5.52. The van der Waals surface area contributed by atoms with Gasteiger partial charge >= 0.3 is 0 Å². The molecule has 100 valence electrons. The quantitative estimate of drug-likeness (QED) is 0.882. The van der Waals surface area contributed by atoms with Crippen molar-refractivity contribution in [3.8, 4) is 6.07 Å². The van der Waals surface area contributed by atoms with Gasteiger partial charge in [-0.25, -0.2) is 0 Å². The lowest BCUT2D eigenvalue weighted by Crippen LogP contribution is -2.43. The SMILES string of the molecule is N#CC1(c2cccc(N3CCNCC3)c2)CCCC1. The maximum atomic E-state index is 9.60. The van der Waals surface area contributed by atoms with E-state index >= 15 is 0 Å². The van der Waals surface area contributed by atoms with E-state index in [2.05, 4.69) is 40.6 Å². The molecule has 3 heteroatoms. The Bertz CT molecular complexity index is 477. The van der Waals surface area contributed by atoms with E-state index in [4.69, 9.17) is 0 Å². The summed E-state index contributed by atoms with van der Waals surface area (Å²) < 4.78 is 0. The van der Waals surface area contributed by atoms with Gasteiger partial charge in [0.15, 0.2) is 0 Å². The molecular weight excluding hydrogens is 234 g/mol. The minimum atomic E-state index is -0.218. The maximum absolute atomic E-state index is 9.60. The summed E-state index contributed by atoms with van der Waals surface area (Å²) in [7, 11) is 0. The van der Waals surface area contributed by atoms with Gasteiger partial charge in [0.2, 0.25) is 0 Å². The molecule has 1 heterocycles. The summed E-state index contributed by atoms with van der Waals surface area (Å²) >= 11 is 0. The highest BCUT2D eigenvalue weighted by Crippen LogP contribution is 2.41. The van der Waals surface area contributed by atoms with Crippen molar-refractivity contribution in [2.45, 2.75) is 31.1 Å². The number of piperazine rings is 1. The molecule has 19 heavy (non-hydrogen) atoms. The number of rotatable bonds is 2. The summed E-state index contributed by atoms with van der Waals surface area (Å²) in [6.45, 7) is 4.22. The van der Waals surface area contributed by atoms with Crippen LogP contribution in [0, 0.1) is 11.3 Å². The molecule has 1 aromatic rings. The first-order chi connectivity index (χ1) is 9.34. The van der Waals surface area contributed by atoms with Crippen LogP contribution in [-0.2, 0) is 5.41 Å². The standard InChI is InChI=1S/C16H21N3/c17-13-16(6-1-2-7-16)14-4-3-5-15(12-14)19-10-8-18-9-11-19/h3-5,12,18H,1-2,6-11H2. The van der Waals surface area contributed by atoms with Gasteiger partial charge in [-0.3, -0.25) is 0 Å². The van der Waals surface area contributed by atoms with E-state index in [0.717, 1.165) is 39.0 Å². The fourth-order valence-corrected chi connectivity index (χ4v) is 3.37. The van der Waals surface area contributed by atoms with Crippen LogP contribution in [-0.4, -0.2) is 26.2 Å². The van der Waals surface area contributed by atoms with Gasteiger partial charge in [0.05, 0.1) is 11.5 Å². The van der Waals surface area contributed by atoms with Crippen molar-refractivity contribution in [2.75, 3.05) is 31.1 Å². The Kier molecular flexibility index (Phi) is 3.44. The summed E-state index contributed by atoms with van der Waals surface area (Å²) in [5, 5.41) is 13.0. The molecule has 2 fully saturated rings. The molecule has 0 amide bonds. The fraction of sp³-hybridized carbons (Fsp3) is 0.562. The average molecular weight is 255 g/mol. The molecule has 0 aromatic heterocycles. The van der Waals surface area contributed by atoms with Crippen LogP contribution in [0.2, 0.25) is 0 Å². The summed E-state index contributed by atoms with van der Waals surface area (Å²) in [5.74, 6) is 0. The van der Waals surface area contributed by atoms with E-state index in [0.29, 0.717) is 0 Å². The van der Waals surface area contributed by atoms with Crippen molar-refractivity contribution in [1.29, 1.82) is 5.26 Å². The zero-order valence-corrected chi connectivity index (χ0v) is 11.4. The van der Waals surface area contributed by atoms with Crippen LogP contribution in [0.5, 0.6) is 0 Å². The van der Waals surface area contributed by atoms with E-state index in [9.17, 15) is 5.26 Å². The van der Waals surface area contributed by atoms with Crippen LogP contribution in [0.3, 0.4) is 0 Å². The number of nitrogens with one attached hydrogen (secondary N) is 1. The Balaban J connectivity index is 1.89. The van der Waals surface area contributed by atoms with Gasteiger partial charge in [-0.05, 0) is 30.5 Å². The number of hydrogen-bond acceptors (Lipinski definition) is 3. The summed E-state index contributed by atoms with van der Waals surface area (Å²) in [4.78, 5) is 2.42. The van der Waals surface area contributed by atoms with Crippen LogP contribution in [0.1, 0.15) is 31.2 Å². The van der Waals surface area contributed by atoms with Crippen LogP contribution in [0.15, 0.2) is 24.3 Å². The Hall–Kier alpha value is -1.53. The van der Waals surface area contributed by atoms with E-state index in [1.807, 2.05) is 0 Å². The third-order valence-corrected chi connectivity index (χ3v) is 4.55. The van der Waals surface area contributed by atoms with Gasteiger partial charge < -0.3 is 10.2 Å². The van der Waals surface area contributed by atoms with Crippen LogP contribution in [0.25, 0.3) is 0 Å². The van der Waals surface area contributed by atoms with Crippen molar-refractivity contribution in [2.24, 2.45) is 0 Å². The minimum absolute atomic E-state index is 0.218. The Labute approximate surface area is 115 Å². The molecule has 0 bridgehead atoms. The third kappa shape index (κ3) is 2.33. The first-order valence-electron chi connectivity index (χ1n) is 7.32. The second-order valence-corrected chi connectivity index (χ2v) is 5.69. The van der Waals surface area contributed by atoms with Crippen molar-refractivity contribution in [3.05, 3.63) is 29.8 Å². The van der Waals surface area contributed by atoms with Gasteiger partial charge in [-0.2, -0.15) is 5.26 Å². The first kappa shape index (κ1) is 12.5. The van der Waals surface area contributed by atoms with E-state index in [-0.39, 0.29) is 5.41 Å². The summed E-state index contributed by atoms with van der Waals surface area (Å²) in [5.41, 5.74) is 2.29. The van der Waals surface area contributed by atoms with Gasteiger partial charge in [0, 0.05) is 31.9 Å². The van der Waals surface area contributed by atoms with Gasteiger partial charge in [0.1, 0.15) is 0 Å². The normalized spacial score (nSPS) is 22.2. The number of nitrogens with zero attached hydrogens (tertiary/aromatic N) is 2. The Morgan fingerprint density at radius 1 is 1.16 bits per heavy atom. The molecule has 0 unspecified atom stereocenters. The van der Waals surface area contributed by atoms with Crippen LogP contribution < -0.4 is 10.2 Å². The van der Waals surface area contributed by atoms with Gasteiger partial charge in [-0.15, -0.1) is 0 Å². The highest BCUT2D eigenvalue weighted by Gasteiger charge is 2.36. The van der Waals surface area contributed by atoms with Gasteiger partial charge in [0.25, 0.3) is 0 Å². The zero-order chi connectivity index (χ0) is 13.1. The van der Waals surface area contributed by atoms with Crippen molar-refractivity contribution in [3.63, 3.8) is 0 Å². The molecule has 1 aromatic carbocycles. The summed E-state index contributed by atoms with van der Waals surface area (Å²) in [6, 6.07) is 11.3. The fourth-order valence-electron chi connectivity index (χ4n) is 3.37. The number of anilines is 1. The Morgan fingerprint density at radius 3 is 2.58 bits per heavy atom. The topological polar surface area (TPSA) is 39.1 Å². The molecule has 3 nitrogen and oxygen atoms in total. The number of hydrogen-bond donors (Lipinski definition) is 1. The molecule has 1 saturated carbocycles. The molecule has 3 rings (SSSR count). The second kappa shape index (κ2) is 5.22. The molecule has 0 atom stereocenters. The molecule has 0 spiro atoms. The lowest BCUT2D eigenvalue weighted by Gasteiger charge is -2.31. The lowest BCUT2D eigenvalue weighted by atomic mass is 9.80. The van der Waals surface area contributed by atoms with Crippen molar-refractivity contribution < 1.29 is 0 Å². The maximum Gasteiger partial charge on any atom is 0.0823 e. The van der Waals surface area contributed by atoms with E-state index in [1.54, 1.807) is 0 Å². The predicted molar refractivity (Wildman–Crippen MR) is 77.3 cm³/mol. The number of nitriles is 1. The zero-order valence-electron chi connectivity index (χ0n) is 11.4. The van der Waals surface area contributed by atoms with Gasteiger partial charge in [-0.1, -0.05) is 25.0 Å². The Morgan fingerprint density at radius 2 is 1.89 bits per heavy atom. The van der Waals surface area contributed by atoms with Crippen molar-refractivity contribution in [1.82, 2.24) is 5.32 Å². The second-order valence-electron chi connectivity index (χ2n) is 5.69. The van der Waals surface area contributed by atoms with E-state index in [1.165, 1.54) is 24.1 Å². The molecule has 1 saturated heterocycles. The first-order valence-corrected chi connectivity index (χ1v) is 7.32.